The lowest BCUT2D eigenvalue weighted by Crippen LogP contribution is -2.21. The van der Waals surface area contributed by atoms with Gasteiger partial charge in [-0.3, -0.25) is 9.59 Å². The van der Waals surface area contributed by atoms with Crippen LogP contribution in [0.5, 0.6) is 0 Å². The van der Waals surface area contributed by atoms with Crippen molar-refractivity contribution in [1.82, 2.24) is 0 Å². The first-order valence-corrected chi connectivity index (χ1v) is 7.90. The molecule has 2 aromatic carbocycles. The summed E-state index contributed by atoms with van der Waals surface area (Å²) in [6, 6.07) is 10.8. The second-order valence-electron chi connectivity index (χ2n) is 5.01. The number of ether oxygens (including phenoxy) is 1. The molecule has 0 radical (unpaired) electrons. The fraction of sp³-hybridized carbons (Fsp3) is 0.118. The van der Waals surface area contributed by atoms with Gasteiger partial charge in [0.2, 0.25) is 5.91 Å². The molecule has 0 heterocycles. The van der Waals surface area contributed by atoms with Crippen LogP contribution >= 0.6 is 23.2 Å². The van der Waals surface area contributed by atoms with Crippen molar-refractivity contribution in [1.29, 1.82) is 0 Å². The van der Waals surface area contributed by atoms with E-state index < -0.39 is 18.5 Å². The second kappa shape index (κ2) is 8.50. The smallest absolute Gasteiger partial charge is 0.340 e. The molecule has 6 nitrogen and oxygen atoms in total. The average Bonchev–Trinajstić information content (AvgIpc) is 2.54. The van der Waals surface area contributed by atoms with Gasteiger partial charge in [0.25, 0.3) is 5.91 Å². The predicted molar refractivity (Wildman–Crippen MR) is 96.1 cm³/mol. The first kappa shape index (κ1) is 18.8. The van der Waals surface area contributed by atoms with Gasteiger partial charge < -0.3 is 15.4 Å². The Morgan fingerprint density at radius 2 is 1.56 bits per heavy atom. The van der Waals surface area contributed by atoms with E-state index in [1.807, 2.05) is 0 Å². The van der Waals surface area contributed by atoms with E-state index in [0.717, 1.165) is 0 Å². The van der Waals surface area contributed by atoms with Crippen molar-refractivity contribution in [3.8, 4) is 0 Å². The Morgan fingerprint density at radius 3 is 2.12 bits per heavy atom. The molecule has 2 N–H and O–H groups in total. The van der Waals surface area contributed by atoms with E-state index in [1.165, 1.54) is 25.1 Å². The SMILES string of the molecule is CC(=O)Nc1ccc(NC(=O)COC(=O)c2ccc(Cl)cc2Cl)cc1. The molecule has 0 atom stereocenters. The lowest BCUT2D eigenvalue weighted by atomic mass is 10.2. The van der Waals surface area contributed by atoms with E-state index >= 15 is 0 Å². The number of hydrogen-bond acceptors (Lipinski definition) is 4. The Balaban J connectivity index is 1.87. The molecular weight excluding hydrogens is 367 g/mol. The maximum atomic E-state index is 11.9. The highest BCUT2D eigenvalue weighted by Gasteiger charge is 2.14. The van der Waals surface area contributed by atoms with E-state index in [-0.39, 0.29) is 16.5 Å². The van der Waals surface area contributed by atoms with Crippen molar-refractivity contribution in [2.75, 3.05) is 17.2 Å². The molecule has 2 amide bonds. The van der Waals surface area contributed by atoms with Crippen molar-refractivity contribution in [2.24, 2.45) is 0 Å². The molecule has 2 rings (SSSR count). The standard InChI is InChI=1S/C17H14Cl2N2O4/c1-10(22)20-12-3-5-13(6-4-12)21-16(23)9-25-17(24)14-7-2-11(18)8-15(14)19/h2-8H,9H2,1H3,(H,20,22)(H,21,23). The third-order valence-electron chi connectivity index (χ3n) is 2.97. The van der Waals surface area contributed by atoms with Crippen molar-refractivity contribution < 1.29 is 19.1 Å². The van der Waals surface area contributed by atoms with Crippen LogP contribution in [0.3, 0.4) is 0 Å². The van der Waals surface area contributed by atoms with E-state index in [2.05, 4.69) is 10.6 Å². The maximum absolute atomic E-state index is 11.9. The number of amides is 2. The number of anilines is 2. The summed E-state index contributed by atoms with van der Waals surface area (Å²) < 4.78 is 4.92. The highest BCUT2D eigenvalue weighted by molar-refractivity contribution is 6.36. The molecule has 0 unspecified atom stereocenters. The normalized spacial score (nSPS) is 10.0. The number of esters is 1. The highest BCUT2D eigenvalue weighted by Crippen LogP contribution is 2.21. The van der Waals surface area contributed by atoms with Crippen molar-refractivity contribution >= 4 is 52.4 Å². The molecule has 0 aromatic heterocycles. The van der Waals surface area contributed by atoms with Gasteiger partial charge in [-0.1, -0.05) is 23.2 Å². The van der Waals surface area contributed by atoms with Crippen LogP contribution < -0.4 is 10.6 Å². The molecule has 130 valence electrons. The largest absolute Gasteiger partial charge is 0.452 e. The van der Waals surface area contributed by atoms with Crippen LogP contribution in [0.15, 0.2) is 42.5 Å². The summed E-state index contributed by atoms with van der Waals surface area (Å²) >= 11 is 11.7. The number of carbonyl (C=O) groups excluding carboxylic acids is 3. The van der Waals surface area contributed by atoms with Crippen molar-refractivity contribution in [2.45, 2.75) is 6.92 Å². The molecule has 0 bridgehead atoms. The zero-order chi connectivity index (χ0) is 18.4. The first-order chi connectivity index (χ1) is 11.8. The lowest BCUT2D eigenvalue weighted by Gasteiger charge is -2.08. The Morgan fingerprint density at radius 1 is 0.960 bits per heavy atom. The van der Waals surface area contributed by atoms with Gasteiger partial charge in [0.1, 0.15) is 0 Å². The molecule has 0 spiro atoms. The summed E-state index contributed by atoms with van der Waals surface area (Å²) in [5.41, 5.74) is 1.23. The summed E-state index contributed by atoms with van der Waals surface area (Å²) in [6.45, 7) is 0.933. The molecule has 0 aliphatic rings. The third kappa shape index (κ3) is 5.77. The Hall–Kier alpha value is -2.57. The van der Waals surface area contributed by atoms with Gasteiger partial charge in [-0.05, 0) is 42.5 Å². The molecule has 0 saturated carbocycles. The van der Waals surface area contributed by atoms with Gasteiger partial charge in [0, 0.05) is 23.3 Å². The fourth-order valence-corrected chi connectivity index (χ4v) is 2.39. The minimum Gasteiger partial charge on any atom is -0.452 e. The van der Waals surface area contributed by atoms with E-state index in [9.17, 15) is 14.4 Å². The van der Waals surface area contributed by atoms with Gasteiger partial charge in [-0.25, -0.2) is 4.79 Å². The monoisotopic (exact) mass is 380 g/mol. The molecule has 8 heteroatoms. The van der Waals surface area contributed by atoms with Crippen molar-refractivity contribution in [3.05, 3.63) is 58.1 Å². The third-order valence-corrected chi connectivity index (χ3v) is 3.52. The number of benzene rings is 2. The molecule has 0 aliphatic carbocycles. The predicted octanol–water partition coefficient (Wildman–Crippen LogP) is 3.75. The average molecular weight is 381 g/mol. The van der Waals surface area contributed by atoms with Gasteiger partial charge >= 0.3 is 5.97 Å². The zero-order valence-electron chi connectivity index (χ0n) is 13.1. The minimum absolute atomic E-state index is 0.124. The van der Waals surface area contributed by atoms with E-state index in [4.69, 9.17) is 27.9 Å². The van der Waals surface area contributed by atoms with Crippen LogP contribution in [0.4, 0.5) is 11.4 Å². The highest BCUT2D eigenvalue weighted by atomic mass is 35.5. The summed E-state index contributed by atoms with van der Waals surface area (Å²) in [6.07, 6.45) is 0. The number of carbonyl (C=O) groups is 3. The van der Waals surface area contributed by atoms with Gasteiger partial charge in [-0.15, -0.1) is 0 Å². The molecule has 0 fully saturated rings. The topological polar surface area (TPSA) is 84.5 Å². The quantitative estimate of drug-likeness (QED) is 0.773. The van der Waals surface area contributed by atoms with E-state index in [1.54, 1.807) is 24.3 Å². The van der Waals surface area contributed by atoms with Crippen molar-refractivity contribution in [3.63, 3.8) is 0 Å². The molecule has 0 saturated heterocycles. The molecule has 2 aromatic rings. The summed E-state index contributed by atoms with van der Waals surface area (Å²) in [4.78, 5) is 34.7. The number of halogens is 2. The molecule has 0 aliphatic heterocycles. The van der Waals surface area contributed by atoms with Crippen LogP contribution in [0.2, 0.25) is 10.0 Å². The Bertz CT molecular complexity index is 807. The van der Waals surface area contributed by atoms with Gasteiger partial charge in [0.05, 0.1) is 10.6 Å². The first-order valence-electron chi connectivity index (χ1n) is 7.15. The van der Waals surface area contributed by atoms with Crippen LogP contribution in [0.25, 0.3) is 0 Å². The number of nitrogens with one attached hydrogen (secondary N) is 2. The number of hydrogen-bond donors (Lipinski definition) is 2. The summed E-state index contributed by atoms with van der Waals surface area (Å²) in [5.74, 6) is -1.42. The fourth-order valence-electron chi connectivity index (χ4n) is 1.90. The summed E-state index contributed by atoms with van der Waals surface area (Å²) in [5, 5.41) is 5.72. The van der Waals surface area contributed by atoms with Gasteiger partial charge in [-0.2, -0.15) is 0 Å². The lowest BCUT2D eigenvalue weighted by molar-refractivity contribution is -0.119. The van der Waals surface area contributed by atoms with Gasteiger partial charge in [0.15, 0.2) is 6.61 Å². The Labute approximate surface area is 154 Å². The van der Waals surface area contributed by atoms with E-state index in [0.29, 0.717) is 16.4 Å². The van der Waals surface area contributed by atoms with Crippen LogP contribution in [0.1, 0.15) is 17.3 Å². The molecular formula is C17H14Cl2N2O4. The van der Waals surface area contributed by atoms with Crippen LogP contribution in [0, 0.1) is 0 Å². The molecule has 25 heavy (non-hydrogen) atoms. The zero-order valence-corrected chi connectivity index (χ0v) is 14.6. The Kier molecular flexibility index (Phi) is 6.38. The maximum Gasteiger partial charge on any atom is 0.340 e. The number of rotatable bonds is 5. The van der Waals surface area contributed by atoms with Crippen LogP contribution in [-0.2, 0) is 14.3 Å². The summed E-state index contributed by atoms with van der Waals surface area (Å²) in [7, 11) is 0. The second-order valence-corrected chi connectivity index (χ2v) is 5.85. The van der Waals surface area contributed by atoms with Crippen LogP contribution in [-0.4, -0.2) is 24.4 Å². The minimum atomic E-state index is -0.724.